The molecule has 0 aliphatic heterocycles. The molecule has 6 heteroatoms. The van der Waals surface area contributed by atoms with Crippen LogP contribution in [0.3, 0.4) is 0 Å². The van der Waals surface area contributed by atoms with Gasteiger partial charge in [0.2, 0.25) is 15.9 Å². The summed E-state index contributed by atoms with van der Waals surface area (Å²) in [4.78, 5) is 14.5. The van der Waals surface area contributed by atoms with Crippen molar-refractivity contribution in [2.45, 2.75) is 44.6 Å². The molecule has 1 N–H and O–H groups in total. The Bertz CT molecular complexity index is 768. The minimum absolute atomic E-state index is 0.0156. The monoisotopic (exact) mass is 364 g/mol. The van der Waals surface area contributed by atoms with Gasteiger partial charge in [0.15, 0.2) is 0 Å². The van der Waals surface area contributed by atoms with Gasteiger partial charge in [0.1, 0.15) is 0 Å². The van der Waals surface area contributed by atoms with Crippen molar-refractivity contribution in [2.24, 2.45) is 23.2 Å². The standard InChI is InChI=1S/C19H28N2O3S/c1-12-6-8-14(9-7-12)25(23,24)20-17-15(18(22)21(4)5)10-13-11-16(17)19(13,2)3/h6-9,13,15-17,20H,10-11H2,1-5H3/t13-,15-,16-,17-/m0/s1. The van der Waals surface area contributed by atoms with Crippen molar-refractivity contribution in [2.75, 3.05) is 14.1 Å². The molecule has 3 aliphatic rings. The highest BCUT2D eigenvalue weighted by Crippen LogP contribution is 2.61. The molecule has 1 aromatic rings. The Hall–Kier alpha value is -1.40. The Labute approximate surface area is 150 Å². The Morgan fingerprint density at radius 3 is 2.28 bits per heavy atom. The number of hydrogen-bond donors (Lipinski definition) is 1. The molecule has 5 nitrogen and oxygen atoms in total. The maximum absolute atomic E-state index is 12.9. The number of hydrogen-bond acceptors (Lipinski definition) is 3. The number of nitrogens with zero attached hydrogens (tertiary/aromatic N) is 1. The van der Waals surface area contributed by atoms with Gasteiger partial charge in [-0.25, -0.2) is 13.1 Å². The number of fused-ring (bicyclic) bond motifs is 2. The van der Waals surface area contributed by atoms with Crippen LogP contribution in [0.4, 0.5) is 0 Å². The zero-order valence-electron chi connectivity index (χ0n) is 15.6. The van der Waals surface area contributed by atoms with Crippen molar-refractivity contribution in [3.05, 3.63) is 29.8 Å². The summed E-state index contributed by atoms with van der Waals surface area (Å²) < 4.78 is 28.7. The minimum Gasteiger partial charge on any atom is -0.349 e. The van der Waals surface area contributed by atoms with Gasteiger partial charge >= 0.3 is 0 Å². The van der Waals surface area contributed by atoms with Gasteiger partial charge in [0.05, 0.1) is 10.8 Å². The van der Waals surface area contributed by atoms with E-state index in [2.05, 4.69) is 18.6 Å². The van der Waals surface area contributed by atoms with Gasteiger partial charge in [-0.15, -0.1) is 0 Å². The molecule has 0 spiro atoms. The first kappa shape index (κ1) is 18.4. The van der Waals surface area contributed by atoms with Crippen molar-refractivity contribution < 1.29 is 13.2 Å². The molecule has 0 radical (unpaired) electrons. The van der Waals surface area contributed by atoms with Crippen molar-refractivity contribution in [1.82, 2.24) is 9.62 Å². The van der Waals surface area contributed by atoms with Gasteiger partial charge in [0, 0.05) is 20.1 Å². The topological polar surface area (TPSA) is 66.5 Å². The zero-order chi connectivity index (χ0) is 18.6. The number of aryl methyl sites for hydroxylation is 1. The van der Waals surface area contributed by atoms with Crippen molar-refractivity contribution >= 4 is 15.9 Å². The molecule has 3 saturated carbocycles. The molecule has 2 bridgehead atoms. The summed E-state index contributed by atoms with van der Waals surface area (Å²) in [5, 5.41) is 0. The van der Waals surface area contributed by atoms with Gasteiger partial charge in [-0.1, -0.05) is 31.5 Å². The van der Waals surface area contributed by atoms with Crippen LogP contribution in [0.5, 0.6) is 0 Å². The summed E-state index contributed by atoms with van der Waals surface area (Å²) in [7, 11) is -0.177. The number of carbonyl (C=O) groups is 1. The lowest BCUT2D eigenvalue weighted by atomic mass is 9.45. The molecule has 0 heterocycles. The predicted octanol–water partition coefficient (Wildman–Crippen LogP) is 2.41. The maximum Gasteiger partial charge on any atom is 0.240 e. The average Bonchev–Trinajstić information content (AvgIpc) is 2.53. The highest BCUT2D eigenvalue weighted by Gasteiger charge is 2.60. The van der Waals surface area contributed by atoms with E-state index in [4.69, 9.17) is 0 Å². The van der Waals surface area contributed by atoms with Gasteiger partial charge in [0.25, 0.3) is 0 Å². The number of rotatable bonds is 4. The van der Waals surface area contributed by atoms with E-state index in [9.17, 15) is 13.2 Å². The molecule has 0 saturated heterocycles. The lowest BCUT2D eigenvalue weighted by Crippen LogP contribution is -2.65. The largest absolute Gasteiger partial charge is 0.349 e. The second-order valence-electron chi connectivity index (χ2n) is 8.40. The molecule has 4 atom stereocenters. The highest BCUT2D eigenvalue weighted by molar-refractivity contribution is 7.89. The van der Waals surface area contributed by atoms with E-state index < -0.39 is 10.0 Å². The Balaban J connectivity index is 1.90. The first-order valence-electron chi connectivity index (χ1n) is 8.84. The highest BCUT2D eigenvalue weighted by atomic mass is 32.2. The van der Waals surface area contributed by atoms with Gasteiger partial charge < -0.3 is 4.90 Å². The quantitative estimate of drug-likeness (QED) is 0.892. The lowest BCUT2D eigenvalue weighted by molar-refractivity contribution is -0.152. The third-order valence-electron chi connectivity index (χ3n) is 6.33. The average molecular weight is 365 g/mol. The summed E-state index contributed by atoms with van der Waals surface area (Å²) in [5.74, 6) is 0.417. The molecule has 3 fully saturated rings. The molecule has 1 aromatic carbocycles. The molecule has 3 aliphatic carbocycles. The van der Waals surface area contributed by atoms with E-state index in [0.717, 1.165) is 18.4 Å². The second kappa shape index (κ2) is 6.09. The summed E-state index contributed by atoms with van der Waals surface area (Å²) in [6, 6.07) is 6.49. The number of benzene rings is 1. The van der Waals surface area contributed by atoms with Crippen molar-refractivity contribution in [3.8, 4) is 0 Å². The van der Waals surface area contributed by atoms with Gasteiger partial charge in [-0.3, -0.25) is 4.79 Å². The third-order valence-corrected chi connectivity index (χ3v) is 7.81. The van der Waals surface area contributed by atoms with E-state index in [1.807, 2.05) is 6.92 Å². The normalized spacial score (nSPS) is 30.4. The summed E-state index contributed by atoms with van der Waals surface area (Å²) in [6.45, 7) is 6.30. The lowest BCUT2D eigenvalue weighted by Gasteiger charge is -2.62. The molecule has 0 unspecified atom stereocenters. The Morgan fingerprint density at radius 2 is 1.76 bits per heavy atom. The van der Waals surface area contributed by atoms with E-state index in [0.29, 0.717) is 5.92 Å². The van der Waals surface area contributed by atoms with Crippen LogP contribution >= 0.6 is 0 Å². The van der Waals surface area contributed by atoms with Crippen LogP contribution in [-0.4, -0.2) is 39.4 Å². The van der Waals surface area contributed by atoms with Crippen LogP contribution in [0.1, 0.15) is 32.3 Å². The Kier molecular flexibility index (Phi) is 4.48. The predicted molar refractivity (Wildman–Crippen MR) is 97.5 cm³/mol. The van der Waals surface area contributed by atoms with E-state index in [-0.39, 0.29) is 34.1 Å². The van der Waals surface area contributed by atoms with Crippen molar-refractivity contribution in [1.29, 1.82) is 0 Å². The minimum atomic E-state index is -3.65. The molecular weight excluding hydrogens is 336 g/mol. The van der Waals surface area contributed by atoms with Crippen LogP contribution in [0.2, 0.25) is 0 Å². The number of sulfonamides is 1. The number of amides is 1. The fourth-order valence-corrected chi connectivity index (χ4v) is 5.83. The summed E-state index contributed by atoms with van der Waals surface area (Å²) in [6.07, 6.45) is 1.74. The fraction of sp³-hybridized carbons (Fsp3) is 0.632. The fourth-order valence-electron chi connectivity index (χ4n) is 4.51. The molecule has 138 valence electrons. The van der Waals surface area contributed by atoms with Crippen LogP contribution < -0.4 is 4.72 Å². The third kappa shape index (κ3) is 3.10. The molecule has 0 aromatic heterocycles. The molecule has 1 amide bonds. The summed E-state index contributed by atoms with van der Waals surface area (Å²) in [5.41, 5.74) is 1.09. The maximum atomic E-state index is 12.9. The SMILES string of the molecule is Cc1ccc(S(=O)(=O)N[C@H]2[C@@H](C(=O)N(C)C)C[C@H]3C[C@@H]2C3(C)C)cc1. The summed E-state index contributed by atoms with van der Waals surface area (Å²) >= 11 is 0. The van der Waals surface area contributed by atoms with E-state index in [1.54, 1.807) is 43.3 Å². The molecule has 25 heavy (non-hydrogen) atoms. The number of carbonyl (C=O) groups excluding carboxylic acids is 1. The van der Waals surface area contributed by atoms with Crippen LogP contribution in [0, 0.1) is 30.1 Å². The first-order chi connectivity index (χ1) is 11.5. The van der Waals surface area contributed by atoms with Gasteiger partial charge in [-0.05, 0) is 49.1 Å². The van der Waals surface area contributed by atoms with E-state index in [1.165, 1.54) is 0 Å². The van der Waals surface area contributed by atoms with Gasteiger partial charge in [-0.2, -0.15) is 0 Å². The van der Waals surface area contributed by atoms with Crippen LogP contribution in [0.25, 0.3) is 0 Å². The Morgan fingerprint density at radius 1 is 1.16 bits per heavy atom. The second-order valence-corrected chi connectivity index (χ2v) is 10.1. The van der Waals surface area contributed by atoms with E-state index >= 15 is 0 Å². The number of nitrogens with one attached hydrogen (secondary N) is 1. The van der Waals surface area contributed by atoms with Crippen LogP contribution in [-0.2, 0) is 14.8 Å². The van der Waals surface area contributed by atoms with Crippen LogP contribution in [0.15, 0.2) is 29.2 Å². The first-order valence-corrected chi connectivity index (χ1v) is 10.3. The zero-order valence-corrected chi connectivity index (χ0v) is 16.4. The molecule has 4 rings (SSSR count). The van der Waals surface area contributed by atoms with Crippen molar-refractivity contribution in [3.63, 3.8) is 0 Å². The smallest absolute Gasteiger partial charge is 0.240 e. The molecular formula is C19H28N2O3S.